The van der Waals surface area contributed by atoms with Crippen LogP contribution in [0.2, 0.25) is 0 Å². The molecule has 2 amide bonds. The van der Waals surface area contributed by atoms with Gasteiger partial charge in [0.2, 0.25) is 10.0 Å². The molecule has 0 radical (unpaired) electrons. The van der Waals surface area contributed by atoms with E-state index in [0.717, 1.165) is 35.2 Å². The average molecular weight is 475 g/mol. The zero-order valence-electron chi connectivity index (χ0n) is 16.7. The number of sulfonamides is 1. The fourth-order valence-electron chi connectivity index (χ4n) is 3.67. The van der Waals surface area contributed by atoms with Gasteiger partial charge in [-0.3, -0.25) is 14.5 Å². The number of rotatable bonds is 3. The lowest BCUT2D eigenvalue weighted by Crippen LogP contribution is -2.45. The van der Waals surface area contributed by atoms with Crippen LogP contribution in [0.5, 0.6) is 0 Å². The van der Waals surface area contributed by atoms with Crippen molar-refractivity contribution < 1.29 is 31.2 Å². The first-order valence-corrected chi connectivity index (χ1v) is 11.1. The molecule has 1 aliphatic rings. The highest BCUT2D eigenvalue weighted by atomic mass is 32.2. The van der Waals surface area contributed by atoms with Crippen molar-refractivity contribution in [2.45, 2.75) is 17.1 Å². The molecule has 1 heterocycles. The first kappa shape index (κ1) is 22.5. The molecular weight excluding hydrogens is 459 g/mol. The third kappa shape index (κ3) is 4.20. The van der Waals surface area contributed by atoms with Crippen LogP contribution in [-0.4, -0.2) is 20.2 Å². The minimum absolute atomic E-state index is 0.0258. The summed E-state index contributed by atoms with van der Waals surface area (Å²) in [6.45, 7) is 0. The van der Waals surface area contributed by atoms with Crippen LogP contribution in [-0.2, 0) is 21.0 Å². The molecule has 170 valence electrons. The normalized spacial score (nSPS) is 16.2. The maximum atomic E-state index is 13.6. The highest BCUT2D eigenvalue weighted by molar-refractivity contribution is 7.89. The van der Waals surface area contributed by atoms with Gasteiger partial charge in [-0.25, -0.2) is 13.6 Å². The molecule has 0 fully saturated rings. The van der Waals surface area contributed by atoms with Crippen molar-refractivity contribution >= 4 is 33.2 Å². The molecule has 0 saturated carbocycles. The van der Waals surface area contributed by atoms with Crippen LogP contribution in [0.1, 0.15) is 27.5 Å². The zero-order chi connectivity index (χ0) is 24.0. The standard InChI is InChI=1S/C22H16F3N3O4S/c23-22(24,25)16-9-5-4-8-15(16)21(30)28-18-11-10-14(33(26,31)32)12-17(18)27-20(29)19(28)13-6-2-1-3-7-13/h1-12,19H,(H,27,29)(H2,26,31,32). The lowest BCUT2D eigenvalue weighted by molar-refractivity contribution is -0.137. The van der Waals surface area contributed by atoms with Crippen LogP contribution in [0, 0.1) is 0 Å². The quantitative estimate of drug-likeness (QED) is 0.602. The van der Waals surface area contributed by atoms with Gasteiger partial charge in [-0.1, -0.05) is 42.5 Å². The number of carbonyl (C=O) groups is 2. The van der Waals surface area contributed by atoms with E-state index in [1.54, 1.807) is 30.3 Å². The van der Waals surface area contributed by atoms with Crippen molar-refractivity contribution in [1.82, 2.24) is 0 Å². The van der Waals surface area contributed by atoms with Gasteiger partial charge < -0.3 is 5.32 Å². The number of nitrogens with two attached hydrogens (primary N) is 1. The van der Waals surface area contributed by atoms with E-state index in [4.69, 9.17) is 5.14 Å². The van der Waals surface area contributed by atoms with Crippen molar-refractivity contribution in [3.05, 3.63) is 89.5 Å². The van der Waals surface area contributed by atoms with Crippen molar-refractivity contribution in [2.75, 3.05) is 10.2 Å². The second-order valence-electron chi connectivity index (χ2n) is 7.24. The van der Waals surface area contributed by atoms with Gasteiger partial charge >= 0.3 is 6.18 Å². The van der Waals surface area contributed by atoms with E-state index in [9.17, 15) is 31.2 Å². The molecule has 0 saturated heterocycles. The topological polar surface area (TPSA) is 110 Å². The first-order chi connectivity index (χ1) is 15.5. The number of nitrogens with one attached hydrogen (secondary N) is 1. The minimum atomic E-state index is -4.81. The molecule has 0 aromatic heterocycles. The maximum absolute atomic E-state index is 13.6. The third-order valence-electron chi connectivity index (χ3n) is 5.12. The molecule has 0 aliphatic carbocycles. The Morgan fingerprint density at radius 1 is 0.970 bits per heavy atom. The molecule has 3 aromatic rings. The third-order valence-corrected chi connectivity index (χ3v) is 6.03. The highest BCUT2D eigenvalue weighted by Crippen LogP contribution is 2.42. The van der Waals surface area contributed by atoms with Gasteiger partial charge in [0.1, 0.15) is 6.04 Å². The van der Waals surface area contributed by atoms with Crippen LogP contribution in [0.4, 0.5) is 24.5 Å². The molecule has 3 aromatic carbocycles. The summed E-state index contributed by atoms with van der Waals surface area (Å²) in [6, 6.07) is 14.4. The number of hydrogen-bond acceptors (Lipinski definition) is 4. The summed E-state index contributed by atoms with van der Waals surface area (Å²) in [5.41, 5.74) is -1.50. The lowest BCUT2D eigenvalue weighted by Gasteiger charge is -2.37. The summed E-state index contributed by atoms with van der Waals surface area (Å²) in [6.07, 6.45) is -4.81. The summed E-state index contributed by atoms with van der Waals surface area (Å²) in [4.78, 5) is 27.2. The number of hydrogen-bond donors (Lipinski definition) is 2. The molecule has 7 nitrogen and oxygen atoms in total. The summed E-state index contributed by atoms with van der Waals surface area (Å²) in [5, 5.41) is 7.68. The molecular formula is C22H16F3N3O4S. The molecule has 3 N–H and O–H groups in total. The van der Waals surface area contributed by atoms with Gasteiger partial charge in [-0.05, 0) is 35.9 Å². The Kier molecular flexibility index (Phi) is 5.46. The van der Waals surface area contributed by atoms with E-state index >= 15 is 0 Å². The van der Waals surface area contributed by atoms with Gasteiger partial charge in [0, 0.05) is 0 Å². The molecule has 4 rings (SSSR count). The average Bonchev–Trinajstić information content (AvgIpc) is 2.76. The van der Waals surface area contributed by atoms with E-state index in [-0.39, 0.29) is 16.3 Å². The van der Waals surface area contributed by atoms with Gasteiger partial charge in [0.15, 0.2) is 0 Å². The number of halogens is 3. The largest absolute Gasteiger partial charge is 0.417 e. The Morgan fingerprint density at radius 3 is 2.24 bits per heavy atom. The van der Waals surface area contributed by atoms with Crippen LogP contribution >= 0.6 is 0 Å². The number of fused-ring (bicyclic) bond motifs is 1. The molecule has 33 heavy (non-hydrogen) atoms. The van der Waals surface area contributed by atoms with Crippen LogP contribution in [0.3, 0.4) is 0 Å². The summed E-state index contributed by atoms with van der Waals surface area (Å²) < 4.78 is 64.3. The van der Waals surface area contributed by atoms with Crippen LogP contribution in [0.15, 0.2) is 77.7 Å². The molecule has 1 atom stereocenters. The zero-order valence-corrected chi connectivity index (χ0v) is 17.5. The number of primary sulfonamides is 1. The van der Waals surface area contributed by atoms with Crippen molar-refractivity contribution in [1.29, 1.82) is 0 Å². The molecule has 0 spiro atoms. The molecule has 1 aliphatic heterocycles. The van der Waals surface area contributed by atoms with Gasteiger partial charge in [-0.15, -0.1) is 0 Å². The number of amides is 2. The first-order valence-electron chi connectivity index (χ1n) is 9.51. The smallest absolute Gasteiger partial charge is 0.322 e. The van der Waals surface area contributed by atoms with Crippen LogP contribution < -0.4 is 15.4 Å². The predicted molar refractivity (Wildman–Crippen MR) is 114 cm³/mol. The number of nitrogens with zero attached hydrogens (tertiary/aromatic N) is 1. The SMILES string of the molecule is NS(=O)(=O)c1ccc2c(c1)NC(=O)C(c1ccccc1)N2C(=O)c1ccccc1C(F)(F)F. The van der Waals surface area contributed by atoms with Gasteiger partial charge in [-0.2, -0.15) is 13.2 Å². The Hall–Kier alpha value is -3.70. The molecule has 11 heteroatoms. The number of anilines is 2. The number of carbonyl (C=O) groups excluding carboxylic acids is 2. The monoisotopic (exact) mass is 475 g/mol. The summed E-state index contributed by atoms with van der Waals surface area (Å²) in [5.74, 6) is -1.80. The summed E-state index contributed by atoms with van der Waals surface area (Å²) >= 11 is 0. The van der Waals surface area contributed by atoms with E-state index < -0.39 is 45.2 Å². The van der Waals surface area contributed by atoms with Crippen LogP contribution in [0.25, 0.3) is 0 Å². The Balaban J connectivity index is 1.94. The Morgan fingerprint density at radius 2 is 1.61 bits per heavy atom. The number of benzene rings is 3. The second kappa shape index (κ2) is 8.01. The van der Waals surface area contributed by atoms with Crippen molar-refractivity contribution in [2.24, 2.45) is 5.14 Å². The van der Waals surface area contributed by atoms with E-state index in [1.165, 1.54) is 12.1 Å². The van der Waals surface area contributed by atoms with E-state index in [1.807, 2.05) is 0 Å². The molecule has 0 bridgehead atoms. The van der Waals surface area contributed by atoms with Crippen molar-refractivity contribution in [3.8, 4) is 0 Å². The fraction of sp³-hybridized carbons (Fsp3) is 0.0909. The Labute approximate surface area is 186 Å². The van der Waals surface area contributed by atoms with E-state index in [2.05, 4.69) is 5.32 Å². The fourth-order valence-corrected chi connectivity index (χ4v) is 4.21. The Bertz CT molecular complexity index is 1360. The minimum Gasteiger partial charge on any atom is -0.322 e. The highest BCUT2D eigenvalue weighted by Gasteiger charge is 2.42. The van der Waals surface area contributed by atoms with Gasteiger partial charge in [0.05, 0.1) is 27.4 Å². The predicted octanol–water partition coefficient (Wildman–Crippen LogP) is 3.69. The van der Waals surface area contributed by atoms with Gasteiger partial charge in [0.25, 0.3) is 11.8 Å². The van der Waals surface area contributed by atoms with E-state index in [0.29, 0.717) is 5.56 Å². The number of alkyl halides is 3. The summed E-state index contributed by atoms with van der Waals surface area (Å²) in [7, 11) is -4.14. The second-order valence-corrected chi connectivity index (χ2v) is 8.81. The maximum Gasteiger partial charge on any atom is 0.417 e. The van der Waals surface area contributed by atoms with Crippen molar-refractivity contribution in [3.63, 3.8) is 0 Å². The molecule has 1 unspecified atom stereocenters. The lowest BCUT2D eigenvalue weighted by atomic mass is 9.97.